The average molecular weight is 446 g/mol. The summed E-state index contributed by atoms with van der Waals surface area (Å²) in [5, 5.41) is 24.6. The third kappa shape index (κ3) is 5.62. The van der Waals surface area contributed by atoms with Crippen LogP contribution >= 0.6 is 0 Å². The van der Waals surface area contributed by atoms with Crippen LogP contribution in [0.25, 0.3) is 0 Å². The van der Waals surface area contributed by atoms with Crippen LogP contribution in [0.2, 0.25) is 0 Å². The van der Waals surface area contributed by atoms with Gasteiger partial charge in [-0.3, -0.25) is 4.79 Å². The number of amides is 1. The molecule has 172 valence electrons. The molecule has 0 aromatic heterocycles. The van der Waals surface area contributed by atoms with E-state index in [4.69, 9.17) is 4.74 Å². The lowest BCUT2D eigenvalue weighted by molar-refractivity contribution is -0.127. The third-order valence-corrected chi connectivity index (χ3v) is 6.40. The van der Waals surface area contributed by atoms with E-state index in [1.807, 2.05) is 78.9 Å². The quantitative estimate of drug-likeness (QED) is 0.470. The lowest BCUT2D eigenvalue weighted by Gasteiger charge is -2.24. The number of carbonyl (C=O) groups is 1. The molecular weight excluding hydrogens is 414 g/mol. The Balaban J connectivity index is 1.50. The van der Waals surface area contributed by atoms with Crippen LogP contribution in [0, 0.1) is 5.92 Å². The Labute approximate surface area is 195 Å². The van der Waals surface area contributed by atoms with Crippen LogP contribution < -0.4 is 10.1 Å². The first-order valence-corrected chi connectivity index (χ1v) is 11.4. The standard InChI is InChI=1S/C28H31NO4/c1-33-26-14-8-6-12-21(26)16-23(30)17-22(15-19-9-3-2-4-10-19)28(32)29-27-24-13-7-5-11-20(24)18-25(27)31/h2-14,22-23,25,27,30-31H,15-18H2,1H3,(H,29,32)/t22-,23-,25-,27+/m1/s1. The third-order valence-electron chi connectivity index (χ3n) is 6.40. The Hall–Kier alpha value is -3.15. The van der Waals surface area contributed by atoms with E-state index in [2.05, 4.69) is 5.32 Å². The van der Waals surface area contributed by atoms with Crippen molar-refractivity contribution in [3.8, 4) is 5.75 Å². The van der Waals surface area contributed by atoms with Crippen LogP contribution in [0.5, 0.6) is 5.75 Å². The lowest BCUT2D eigenvalue weighted by Crippen LogP contribution is -2.39. The molecule has 4 rings (SSSR count). The number of aliphatic hydroxyl groups is 2. The molecule has 0 saturated heterocycles. The number of fused-ring (bicyclic) bond motifs is 1. The summed E-state index contributed by atoms with van der Waals surface area (Å²) in [6, 6.07) is 24.8. The molecule has 5 nitrogen and oxygen atoms in total. The van der Waals surface area contributed by atoms with Crippen molar-refractivity contribution < 1.29 is 19.7 Å². The maximum atomic E-state index is 13.4. The fourth-order valence-corrected chi connectivity index (χ4v) is 4.74. The van der Waals surface area contributed by atoms with Crippen molar-refractivity contribution in [3.05, 3.63) is 101 Å². The Morgan fingerprint density at radius 1 is 1.00 bits per heavy atom. The number of nitrogens with one attached hydrogen (secondary N) is 1. The molecule has 4 atom stereocenters. The molecule has 0 spiro atoms. The second-order valence-corrected chi connectivity index (χ2v) is 8.75. The van der Waals surface area contributed by atoms with Gasteiger partial charge in [-0.25, -0.2) is 0 Å². The number of para-hydroxylation sites is 1. The van der Waals surface area contributed by atoms with Gasteiger partial charge in [0.05, 0.1) is 25.4 Å². The zero-order chi connectivity index (χ0) is 23.2. The fourth-order valence-electron chi connectivity index (χ4n) is 4.74. The van der Waals surface area contributed by atoms with Crippen LogP contribution in [0.3, 0.4) is 0 Å². The average Bonchev–Trinajstić information content (AvgIpc) is 3.14. The van der Waals surface area contributed by atoms with Crippen LogP contribution in [-0.4, -0.2) is 35.4 Å². The molecule has 0 unspecified atom stereocenters. The Morgan fingerprint density at radius 3 is 2.48 bits per heavy atom. The summed E-state index contributed by atoms with van der Waals surface area (Å²) in [6.45, 7) is 0. The monoisotopic (exact) mass is 445 g/mol. The highest BCUT2D eigenvalue weighted by molar-refractivity contribution is 5.79. The normalized spacial score (nSPS) is 18.9. The Morgan fingerprint density at radius 2 is 1.70 bits per heavy atom. The lowest BCUT2D eigenvalue weighted by atomic mass is 9.90. The van der Waals surface area contributed by atoms with Crippen molar-refractivity contribution in [3.63, 3.8) is 0 Å². The topological polar surface area (TPSA) is 78.8 Å². The smallest absolute Gasteiger partial charge is 0.224 e. The molecule has 3 aromatic carbocycles. The van der Waals surface area contributed by atoms with Crippen molar-refractivity contribution in [1.29, 1.82) is 0 Å². The van der Waals surface area contributed by atoms with E-state index in [1.54, 1.807) is 7.11 Å². The van der Waals surface area contributed by atoms with E-state index in [0.29, 0.717) is 25.7 Å². The SMILES string of the molecule is COc1ccccc1C[C@@H](O)C[C@@H](Cc1ccccc1)C(=O)N[C@H]1c2ccccc2C[C@H]1O. The van der Waals surface area contributed by atoms with E-state index in [-0.39, 0.29) is 5.91 Å². The minimum atomic E-state index is -0.707. The van der Waals surface area contributed by atoms with Crippen molar-refractivity contribution in [2.24, 2.45) is 5.92 Å². The van der Waals surface area contributed by atoms with Crippen LogP contribution in [0.1, 0.15) is 34.7 Å². The largest absolute Gasteiger partial charge is 0.496 e. The molecule has 0 radical (unpaired) electrons. The number of benzene rings is 3. The van der Waals surface area contributed by atoms with E-state index in [0.717, 1.165) is 28.0 Å². The minimum Gasteiger partial charge on any atom is -0.496 e. The molecule has 1 aliphatic carbocycles. The van der Waals surface area contributed by atoms with Gasteiger partial charge in [-0.1, -0.05) is 72.8 Å². The molecule has 33 heavy (non-hydrogen) atoms. The van der Waals surface area contributed by atoms with Gasteiger partial charge in [-0.2, -0.15) is 0 Å². The van der Waals surface area contributed by atoms with Crippen molar-refractivity contribution >= 4 is 5.91 Å². The predicted molar refractivity (Wildman–Crippen MR) is 128 cm³/mol. The molecule has 3 N–H and O–H groups in total. The molecule has 5 heteroatoms. The summed E-state index contributed by atoms with van der Waals surface area (Å²) in [5.74, 6) is 0.141. The van der Waals surface area contributed by atoms with Gasteiger partial charge in [-0.05, 0) is 41.2 Å². The van der Waals surface area contributed by atoms with Gasteiger partial charge in [0, 0.05) is 18.8 Å². The maximum Gasteiger partial charge on any atom is 0.224 e. The molecule has 1 amide bonds. The van der Waals surface area contributed by atoms with Crippen molar-refractivity contribution in [1.82, 2.24) is 5.32 Å². The summed E-state index contributed by atoms with van der Waals surface area (Å²) < 4.78 is 5.41. The van der Waals surface area contributed by atoms with Gasteiger partial charge in [0.25, 0.3) is 0 Å². The Kier molecular flexibility index (Phi) is 7.43. The second kappa shape index (κ2) is 10.6. The van der Waals surface area contributed by atoms with Crippen molar-refractivity contribution in [2.45, 2.75) is 43.9 Å². The summed E-state index contributed by atoms with van der Waals surface area (Å²) in [7, 11) is 1.61. The first-order valence-electron chi connectivity index (χ1n) is 11.4. The van der Waals surface area contributed by atoms with E-state index >= 15 is 0 Å². The predicted octanol–water partition coefficient (Wildman–Crippen LogP) is 3.62. The van der Waals surface area contributed by atoms with Gasteiger partial charge in [0.1, 0.15) is 5.75 Å². The fraction of sp³-hybridized carbons (Fsp3) is 0.321. The number of rotatable bonds is 9. The van der Waals surface area contributed by atoms with Crippen LogP contribution in [-0.2, 0) is 24.1 Å². The number of ether oxygens (including phenoxy) is 1. The molecule has 0 aliphatic heterocycles. The Bertz CT molecular complexity index is 1070. The summed E-state index contributed by atoms with van der Waals surface area (Å²) >= 11 is 0. The molecule has 3 aromatic rings. The first kappa shape index (κ1) is 23.0. The van der Waals surface area contributed by atoms with Gasteiger partial charge < -0.3 is 20.3 Å². The number of aliphatic hydroxyl groups excluding tert-OH is 2. The summed E-state index contributed by atoms with van der Waals surface area (Å²) in [6.07, 6.45) is 0.394. The number of hydrogen-bond donors (Lipinski definition) is 3. The summed E-state index contributed by atoms with van der Waals surface area (Å²) in [5.41, 5.74) is 3.97. The number of carbonyl (C=O) groups excluding carboxylic acids is 1. The molecule has 1 aliphatic rings. The van der Waals surface area contributed by atoms with Crippen molar-refractivity contribution in [2.75, 3.05) is 7.11 Å². The molecule has 0 heterocycles. The van der Waals surface area contributed by atoms with Gasteiger partial charge in [0.15, 0.2) is 0 Å². The zero-order valence-electron chi connectivity index (χ0n) is 18.9. The van der Waals surface area contributed by atoms with E-state index < -0.39 is 24.2 Å². The van der Waals surface area contributed by atoms with Crippen LogP contribution in [0.4, 0.5) is 0 Å². The molecular formula is C28H31NO4. The van der Waals surface area contributed by atoms with Crippen LogP contribution in [0.15, 0.2) is 78.9 Å². The summed E-state index contributed by atoms with van der Waals surface area (Å²) in [4.78, 5) is 13.4. The molecule has 0 fully saturated rings. The number of methoxy groups -OCH3 is 1. The minimum absolute atomic E-state index is 0.154. The van der Waals surface area contributed by atoms with E-state index in [9.17, 15) is 15.0 Å². The first-order chi connectivity index (χ1) is 16.0. The van der Waals surface area contributed by atoms with Gasteiger partial charge in [-0.15, -0.1) is 0 Å². The van der Waals surface area contributed by atoms with E-state index in [1.165, 1.54) is 0 Å². The highest BCUT2D eigenvalue weighted by atomic mass is 16.5. The second-order valence-electron chi connectivity index (χ2n) is 8.75. The molecule has 0 saturated carbocycles. The van der Waals surface area contributed by atoms with Gasteiger partial charge in [0.2, 0.25) is 5.91 Å². The van der Waals surface area contributed by atoms with Gasteiger partial charge >= 0.3 is 0 Å². The highest BCUT2D eigenvalue weighted by Gasteiger charge is 2.34. The zero-order valence-corrected chi connectivity index (χ0v) is 18.9. The molecule has 0 bridgehead atoms. The number of hydrogen-bond acceptors (Lipinski definition) is 4. The highest BCUT2D eigenvalue weighted by Crippen LogP contribution is 2.32. The maximum absolute atomic E-state index is 13.4.